The summed E-state index contributed by atoms with van der Waals surface area (Å²) >= 11 is 0. The molecule has 94 valence electrons. The molecule has 16 heavy (non-hydrogen) atoms. The third-order valence-electron chi connectivity index (χ3n) is 3.38. The average molecular weight is 228 g/mol. The highest BCUT2D eigenvalue weighted by atomic mass is 16.3. The van der Waals surface area contributed by atoms with Crippen molar-refractivity contribution in [2.75, 3.05) is 19.7 Å². The van der Waals surface area contributed by atoms with Gasteiger partial charge in [-0.3, -0.25) is 9.69 Å². The lowest BCUT2D eigenvalue weighted by atomic mass is 9.96. The Morgan fingerprint density at radius 3 is 2.88 bits per heavy atom. The van der Waals surface area contributed by atoms with Gasteiger partial charge in [-0.15, -0.1) is 0 Å². The maximum Gasteiger partial charge on any atom is 0.221 e. The van der Waals surface area contributed by atoms with Crippen LogP contribution in [0.3, 0.4) is 0 Å². The Morgan fingerprint density at radius 2 is 2.25 bits per heavy atom. The topological polar surface area (TPSA) is 52.6 Å². The summed E-state index contributed by atoms with van der Waals surface area (Å²) in [6, 6.07) is 0.735. The number of carbonyl (C=O) groups excluding carboxylic acids is 1. The van der Waals surface area contributed by atoms with Gasteiger partial charge in [0.25, 0.3) is 0 Å². The third-order valence-corrected chi connectivity index (χ3v) is 3.38. The number of nitrogens with one attached hydrogen (secondary N) is 1. The molecule has 1 aliphatic rings. The molecule has 0 saturated carbocycles. The van der Waals surface area contributed by atoms with Crippen LogP contribution in [0.2, 0.25) is 0 Å². The average Bonchev–Trinajstić information content (AvgIpc) is 2.27. The van der Waals surface area contributed by atoms with Crippen molar-refractivity contribution in [2.45, 2.75) is 51.6 Å². The van der Waals surface area contributed by atoms with E-state index in [1.54, 1.807) is 0 Å². The molecule has 2 unspecified atom stereocenters. The number of likely N-dealkylation sites (tertiary alicyclic amines) is 1. The number of hydrogen-bond donors (Lipinski definition) is 2. The number of hydrogen-bond acceptors (Lipinski definition) is 3. The highest BCUT2D eigenvalue weighted by Gasteiger charge is 2.27. The Hall–Kier alpha value is -0.610. The zero-order valence-electron chi connectivity index (χ0n) is 10.4. The predicted molar refractivity (Wildman–Crippen MR) is 64.2 cm³/mol. The van der Waals surface area contributed by atoms with Crippen molar-refractivity contribution in [3.05, 3.63) is 0 Å². The Kier molecular flexibility index (Phi) is 5.77. The lowest BCUT2D eigenvalue weighted by Crippen LogP contribution is -2.48. The maximum absolute atomic E-state index is 11.4. The summed E-state index contributed by atoms with van der Waals surface area (Å²) in [5, 5.41) is 12.1. The van der Waals surface area contributed by atoms with Gasteiger partial charge < -0.3 is 10.4 Å². The second kappa shape index (κ2) is 6.86. The molecular formula is C12H24N2O2. The van der Waals surface area contributed by atoms with Gasteiger partial charge in [-0.05, 0) is 26.7 Å². The van der Waals surface area contributed by atoms with Crippen LogP contribution in [0.25, 0.3) is 0 Å². The van der Waals surface area contributed by atoms with Crippen molar-refractivity contribution < 1.29 is 9.90 Å². The molecule has 0 aromatic carbocycles. The standard InChI is InChI=1S/C12H24N2O2/c1-3-13-12(16)7-8-14-10(2)5-4-6-11(14)9-15/h10-11,15H,3-9H2,1-2H3,(H,13,16). The van der Waals surface area contributed by atoms with Crippen LogP contribution in [0.5, 0.6) is 0 Å². The molecule has 1 saturated heterocycles. The molecule has 0 aliphatic carbocycles. The number of aliphatic hydroxyl groups is 1. The molecule has 1 rings (SSSR count). The van der Waals surface area contributed by atoms with Gasteiger partial charge in [-0.1, -0.05) is 6.42 Å². The van der Waals surface area contributed by atoms with Crippen molar-refractivity contribution in [3.63, 3.8) is 0 Å². The first kappa shape index (κ1) is 13.5. The Morgan fingerprint density at radius 1 is 1.50 bits per heavy atom. The summed E-state index contributed by atoms with van der Waals surface area (Å²) in [6.07, 6.45) is 3.95. The van der Waals surface area contributed by atoms with E-state index in [-0.39, 0.29) is 18.6 Å². The molecule has 0 aromatic heterocycles. The molecule has 1 heterocycles. The molecule has 1 aliphatic heterocycles. The smallest absolute Gasteiger partial charge is 0.221 e. The quantitative estimate of drug-likeness (QED) is 0.730. The summed E-state index contributed by atoms with van der Waals surface area (Å²) in [4.78, 5) is 13.7. The van der Waals surface area contributed by atoms with Crippen molar-refractivity contribution in [3.8, 4) is 0 Å². The Bertz CT molecular complexity index is 221. The van der Waals surface area contributed by atoms with Gasteiger partial charge in [0.2, 0.25) is 5.91 Å². The largest absolute Gasteiger partial charge is 0.395 e. The third kappa shape index (κ3) is 3.76. The maximum atomic E-state index is 11.4. The first-order valence-corrected chi connectivity index (χ1v) is 6.32. The predicted octanol–water partition coefficient (Wildman–Crippen LogP) is 0.748. The Balaban J connectivity index is 2.39. The summed E-state index contributed by atoms with van der Waals surface area (Å²) in [5.74, 6) is 0.108. The molecule has 2 atom stereocenters. The number of nitrogens with zero attached hydrogens (tertiary/aromatic N) is 1. The monoisotopic (exact) mass is 228 g/mol. The van der Waals surface area contributed by atoms with E-state index >= 15 is 0 Å². The number of piperidine rings is 1. The van der Waals surface area contributed by atoms with Crippen LogP contribution < -0.4 is 5.32 Å². The zero-order valence-corrected chi connectivity index (χ0v) is 10.4. The van der Waals surface area contributed by atoms with Crippen LogP contribution in [-0.2, 0) is 4.79 Å². The van der Waals surface area contributed by atoms with Gasteiger partial charge in [-0.2, -0.15) is 0 Å². The highest BCUT2D eigenvalue weighted by Crippen LogP contribution is 2.22. The van der Waals surface area contributed by atoms with Crippen LogP contribution in [-0.4, -0.2) is 47.7 Å². The van der Waals surface area contributed by atoms with E-state index in [1.165, 1.54) is 12.8 Å². The molecule has 0 bridgehead atoms. The number of carbonyl (C=O) groups is 1. The summed E-state index contributed by atoms with van der Waals surface area (Å²) in [7, 11) is 0. The number of aliphatic hydroxyl groups excluding tert-OH is 1. The van der Waals surface area contributed by atoms with Gasteiger partial charge in [0.1, 0.15) is 0 Å². The van der Waals surface area contributed by atoms with Gasteiger partial charge >= 0.3 is 0 Å². The van der Waals surface area contributed by atoms with Crippen molar-refractivity contribution in [2.24, 2.45) is 0 Å². The van der Waals surface area contributed by atoms with Crippen LogP contribution in [0.4, 0.5) is 0 Å². The second-order valence-corrected chi connectivity index (χ2v) is 4.56. The molecule has 2 N–H and O–H groups in total. The molecule has 0 spiro atoms. The number of rotatable bonds is 5. The molecular weight excluding hydrogens is 204 g/mol. The Labute approximate surface area is 98.0 Å². The molecule has 0 aromatic rings. The van der Waals surface area contributed by atoms with Crippen molar-refractivity contribution in [1.82, 2.24) is 10.2 Å². The van der Waals surface area contributed by atoms with E-state index < -0.39 is 0 Å². The summed E-state index contributed by atoms with van der Waals surface area (Å²) in [5.41, 5.74) is 0. The van der Waals surface area contributed by atoms with E-state index in [1.807, 2.05) is 6.92 Å². The fraction of sp³-hybridized carbons (Fsp3) is 0.917. The van der Waals surface area contributed by atoms with Gasteiger partial charge in [0.15, 0.2) is 0 Å². The van der Waals surface area contributed by atoms with Crippen molar-refractivity contribution >= 4 is 5.91 Å². The SMILES string of the molecule is CCNC(=O)CCN1C(C)CCCC1CO. The second-order valence-electron chi connectivity index (χ2n) is 4.56. The lowest BCUT2D eigenvalue weighted by molar-refractivity contribution is -0.121. The fourth-order valence-corrected chi connectivity index (χ4v) is 2.46. The van der Waals surface area contributed by atoms with E-state index in [0.29, 0.717) is 19.0 Å². The van der Waals surface area contributed by atoms with Gasteiger partial charge in [0.05, 0.1) is 6.61 Å². The first-order valence-electron chi connectivity index (χ1n) is 6.32. The molecule has 1 fully saturated rings. The van der Waals surface area contributed by atoms with Crippen molar-refractivity contribution in [1.29, 1.82) is 0 Å². The molecule has 0 radical (unpaired) electrons. The summed E-state index contributed by atoms with van der Waals surface area (Å²) in [6.45, 7) is 5.77. The van der Waals surface area contributed by atoms with Crippen LogP contribution >= 0.6 is 0 Å². The molecule has 4 nitrogen and oxygen atoms in total. The van der Waals surface area contributed by atoms with E-state index in [4.69, 9.17) is 0 Å². The van der Waals surface area contributed by atoms with E-state index in [0.717, 1.165) is 13.0 Å². The minimum atomic E-state index is 0.108. The van der Waals surface area contributed by atoms with Gasteiger partial charge in [0, 0.05) is 31.6 Å². The van der Waals surface area contributed by atoms with Crippen LogP contribution in [0.1, 0.15) is 39.5 Å². The normalized spacial score (nSPS) is 26.7. The molecule has 1 amide bonds. The van der Waals surface area contributed by atoms with Crippen LogP contribution in [0, 0.1) is 0 Å². The molecule has 4 heteroatoms. The fourth-order valence-electron chi connectivity index (χ4n) is 2.46. The van der Waals surface area contributed by atoms with E-state index in [9.17, 15) is 9.90 Å². The zero-order chi connectivity index (χ0) is 12.0. The summed E-state index contributed by atoms with van der Waals surface area (Å²) < 4.78 is 0. The minimum Gasteiger partial charge on any atom is -0.395 e. The first-order chi connectivity index (χ1) is 7.69. The van der Waals surface area contributed by atoms with Gasteiger partial charge in [-0.25, -0.2) is 0 Å². The highest BCUT2D eigenvalue weighted by molar-refractivity contribution is 5.75. The minimum absolute atomic E-state index is 0.108. The van der Waals surface area contributed by atoms with Crippen LogP contribution in [0.15, 0.2) is 0 Å². The number of amides is 1. The van der Waals surface area contributed by atoms with E-state index in [2.05, 4.69) is 17.1 Å². The lowest BCUT2D eigenvalue weighted by Gasteiger charge is -2.39.